The van der Waals surface area contributed by atoms with Crippen LogP contribution in [0.15, 0.2) is 29.1 Å². The maximum atomic E-state index is 12.6. The molecule has 1 aromatic carbocycles. The van der Waals surface area contributed by atoms with E-state index in [-0.39, 0.29) is 42.0 Å². The third-order valence-corrected chi connectivity index (χ3v) is 4.64. The van der Waals surface area contributed by atoms with Gasteiger partial charge >= 0.3 is 5.69 Å². The number of carbonyl (C=O) groups excluding carboxylic acids is 1. The molecular weight excluding hydrogens is 316 g/mol. The van der Waals surface area contributed by atoms with Gasteiger partial charge in [-0.15, -0.1) is 12.4 Å². The minimum atomic E-state index is -0.248. The zero-order chi connectivity index (χ0) is 15.9. The van der Waals surface area contributed by atoms with Gasteiger partial charge in [0, 0.05) is 19.1 Å². The van der Waals surface area contributed by atoms with Gasteiger partial charge in [-0.1, -0.05) is 26.0 Å². The number of fused-ring (bicyclic) bond motifs is 1. The Morgan fingerprint density at radius 3 is 2.78 bits per heavy atom. The summed E-state index contributed by atoms with van der Waals surface area (Å²) >= 11 is 0. The summed E-state index contributed by atoms with van der Waals surface area (Å²) in [5.41, 5.74) is 7.27. The zero-order valence-corrected chi connectivity index (χ0v) is 14.2. The summed E-state index contributed by atoms with van der Waals surface area (Å²) in [6.07, 6.45) is 0.793. The Bertz CT molecular complexity index is 765. The molecule has 23 heavy (non-hydrogen) atoms. The molecule has 1 aliphatic heterocycles. The summed E-state index contributed by atoms with van der Waals surface area (Å²) in [6.45, 7) is 5.50. The fourth-order valence-corrected chi connectivity index (χ4v) is 3.09. The summed E-state index contributed by atoms with van der Waals surface area (Å²) in [4.78, 5) is 29.2. The smallest absolute Gasteiger partial charge is 0.326 e. The van der Waals surface area contributed by atoms with E-state index in [1.54, 1.807) is 0 Å². The lowest BCUT2D eigenvalue weighted by Crippen LogP contribution is -2.54. The molecule has 0 saturated carbocycles. The molecule has 0 bridgehead atoms. The standard InChI is InChI=1S/C16H22N4O2.ClH/c1-16(2)10-19(8-7-13(16)17)14(21)9-20-12-6-4-3-5-11(12)18-15(20)22;/h3-6,13H,7-10,17H2,1-2H3,(H,18,22);1H. The maximum Gasteiger partial charge on any atom is 0.326 e. The highest BCUT2D eigenvalue weighted by molar-refractivity contribution is 5.85. The van der Waals surface area contributed by atoms with Crippen molar-refractivity contribution in [3.05, 3.63) is 34.7 Å². The molecule has 0 radical (unpaired) electrons. The number of halogens is 1. The zero-order valence-electron chi connectivity index (χ0n) is 13.4. The molecule has 2 aromatic rings. The number of nitrogens with one attached hydrogen (secondary N) is 1. The third-order valence-electron chi connectivity index (χ3n) is 4.64. The van der Waals surface area contributed by atoms with Crippen molar-refractivity contribution in [2.75, 3.05) is 13.1 Å². The third kappa shape index (κ3) is 3.28. The van der Waals surface area contributed by atoms with Gasteiger partial charge in [0.2, 0.25) is 5.91 Å². The molecule has 7 heteroatoms. The molecule has 6 nitrogen and oxygen atoms in total. The average molecular weight is 339 g/mol. The van der Waals surface area contributed by atoms with Gasteiger partial charge in [0.1, 0.15) is 6.54 Å². The number of carbonyl (C=O) groups is 1. The van der Waals surface area contributed by atoms with E-state index in [2.05, 4.69) is 18.8 Å². The molecule has 1 amide bonds. The van der Waals surface area contributed by atoms with Crippen LogP contribution < -0.4 is 11.4 Å². The normalized spacial score (nSPS) is 20.3. The summed E-state index contributed by atoms with van der Waals surface area (Å²) in [7, 11) is 0. The Morgan fingerprint density at radius 2 is 2.09 bits per heavy atom. The minimum Gasteiger partial charge on any atom is -0.340 e. The SMILES string of the molecule is CC1(C)CN(C(=O)Cn2c(=O)[nH]c3ccccc32)CCC1N.Cl. The number of benzene rings is 1. The second-order valence-corrected chi connectivity index (χ2v) is 6.73. The number of rotatable bonds is 2. The number of likely N-dealkylation sites (tertiary alicyclic amines) is 1. The Balaban J connectivity index is 0.00000192. The van der Waals surface area contributed by atoms with Crippen molar-refractivity contribution < 1.29 is 4.79 Å². The number of piperidine rings is 1. The van der Waals surface area contributed by atoms with E-state index in [0.29, 0.717) is 13.1 Å². The first-order valence-electron chi connectivity index (χ1n) is 7.59. The van der Waals surface area contributed by atoms with Crippen LogP contribution in [0.2, 0.25) is 0 Å². The Morgan fingerprint density at radius 1 is 1.39 bits per heavy atom. The van der Waals surface area contributed by atoms with Gasteiger partial charge in [0.05, 0.1) is 11.0 Å². The monoisotopic (exact) mass is 338 g/mol. The van der Waals surface area contributed by atoms with Crippen molar-refractivity contribution in [1.29, 1.82) is 0 Å². The molecule has 3 N–H and O–H groups in total. The second kappa shape index (κ2) is 6.37. The van der Waals surface area contributed by atoms with E-state index in [1.165, 1.54) is 4.57 Å². The van der Waals surface area contributed by atoms with Crippen LogP contribution in [0.25, 0.3) is 11.0 Å². The predicted octanol–water partition coefficient (Wildman–Crippen LogP) is 1.34. The Kier molecular flexibility index (Phi) is 4.87. The number of nitrogens with zero attached hydrogens (tertiary/aromatic N) is 2. The molecule has 1 aliphatic rings. The number of para-hydroxylation sites is 2. The fraction of sp³-hybridized carbons (Fsp3) is 0.500. The number of hydrogen-bond donors (Lipinski definition) is 2. The molecule has 0 spiro atoms. The Hall–Kier alpha value is -1.79. The first kappa shape index (κ1) is 17.6. The molecule has 1 unspecified atom stereocenters. The number of aromatic nitrogens is 2. The van der Waals surface area contributed by atoms with Crippen molar-refractivity contribution in [3.63, 3.8) is 0 Å². The molecule has 1 aromatic heterocycles. The number of H-pyrrole nitrogens is 1. The molecule has 1 atom stereocenters. The van der Waals surface area contributed by atoms with Crippen molar-refractivity contribution in [1.82, 2.24) is 14.5 Å². The van der Waals surface area contributed by atoms with Crippen molar-refractivity contribution in [2.24, 2.45) is 11.1 Å². The van der Waals surface area contributed by atoms with Crippen LogP contribution >= 0.6 is 12.4 Å². The number of imidazole rings is 1. The van der Waals surface area contributed by atoms with Gasteiger partial charge in [0.25, 0.3) is 0 Å². The lowest BCUT2D eigenvalue weighted by molar-refractivity contribution is -0.135. The highest BCUT2D eigenvalue weighted by atomic mass is 35.5. The van der Waals surface area contributed by atoms with Gasteiger partial charge in [-0.05, 0) is 24.0 Å². The van der Waals surface area contributed by atoms with Crippen LogP contribution in [0.5, 0.6) is 0 Å². The van der Waals surface area contributed by atoms with E-state index < -0.39 is 0 Å². The number of aromatic amines is 1. The molecule has 0 aliphatic carbocycles. The van der Waals surface area contributed by atoms with Gasteiger partial charge in [0.15, 0.2) is 0 Å². The second-order valence-electron chi connectivity index (χ2n) is 6.73. The molecule has 126 valence electrons. The van der Waals surface area contributed by atoms with E-state index >= 15 is 0 Å². The van der Waals surface area contributed by atoms with Crippen LogP contribution in [0.1, 0.15) is 20.3 Å². The number of hydrogen-bond acceptors (Lipinski definition) is 3. The van der Waals surface area contributed by atoms with Crippen LogP contribution in [-0.2, 0) is 11.3 Å². The van der Waals surface area contributed by atoms with Gasteiger partial charge in [-0.3, -0.25) is 9.36 Å². The van der Waals surface area contributed by atoms with E-state index in [9.17, 15) is 9.59 Å². The molecule has 1 saturated heterocycles. The highest BCUT2D eigenvalue weighted by Crippen LogP contribution is 2.27. The molecule has 3 rings (SSSR count). The van der Waals surface area contributed by atoms with Crippen LogP contribution in [0.3, 0.4) is 0 Å². The molecular formula is C16H23ClN4O2. The quantitative estimate of drug-likeness (QED) is 0.866. The van der Waals surface area contributed by atoms with E-state index in [0.717, 1.165) is 17.5 Å². The van der Waals surface area contributed by atoms with Crippen LogP contribution in [-0.4, -0.2) is 39.5 Å². The predicted molar refractivity (Wildman–Crippen MR) is 92.8 cm³/mol. The van der Waals surface area contributed by atoms with Gasteiger partial charge in [-0.2, -0.15) is 0 Å². The topological polar surface area (TPSA) is 84.1 Å². The van der Waals surface area contributed by atoms with E-state index in [1.807, 2.05) is 29.2 Å². The van der Waals surface area contributed by atoms with Gasteiger partial charge in [-0.25, -0.2) is 4.79 Å². The van der Waals surface area contributed by atoms with E-state index in [4.69, 9.17) is 5.73 Å². The largest absolute Gasteiger partial charge is 0.340 e. The first-order chi connectivity index (χ1) is 10.4. The van der Waals surface area contributed by atoms with Crippen LogP contribution in [0.4, 0.5) is 0 Å². The lowest BCUT2D eigenvalue weighted by Gasteiger charge is -2.42. The summed E-state index contributed by atoms with van der Waals surface area (Å²) in [5, 5.41) is 0. The Labute approximate surface area is 141 Å². The molecule has 2 heterocycles. The van der Waals surface area contributed by atoms with Crippen molar-refractivity contribution in [3.8, 4) is 0 Å². The summed E-state index contributed by atoms with van der Waals surface area (Å²) in [5.74, 6) is -0.0353. The lowest BCUT2D eigenvalue weighted by atomic mass is 9.79. The molecule has 1 fully saturated rings. The maximum absolute atomic E-state index is 12.6. The summed E-state index contributed by atoms with van der Waals surface area (Å²) < 4.78 is 1.50. The van der Waals surface area contributed by atoms with Gasteiger partial charge < -0.3 is 15.6 Å². The van der Waals surface area contributed by atoms with Crippen molar-refractivity contribution in [2.45, 2.75) is 32.9 Å². The minimum absolute atomic E-state index is 0. The number of nitrogens with two attached hydrogens (primary N) is 1. The number of amides is 1. The first-order valence-corrected chi connectivity index (χ1v) is 7.59. The van der Waals surface area contributed by atoms with Crippen LogP contribution in [0, 0.1) is 5.41 Å². The van der Waals surface area contributed by atoms with Crippen molar-refractivity contribution >= 4 is 29.3 Å². The average Bonchev–Trinajstić information content (AvgIpc) is 2.78. The highest BCUT2D eigenvalue weighted by Gasteiger charge is 2.35. The summed E-state index contributed by atoms with van der Waals surface area (Å²) in [6, 6.07) is 7.50. The fourth-order valence-electron chi connectivity index (χ4n) is 3.09.